The van der Waals surface area contributed by atoms with Crippen LogP contribution in [0.5, 0.6) is 0 Å². The molecule has 1 atom stereocenters. The average Bonchev–Trinajstić information content (AvgIpc) is 2.45. The van der Waals surface area contributed by atoms with Gasteiger partial charge in [0.15, 0.2) is 0 Å². The van der Waals surface area contributed by atoms with Crippen molar-refractivity contribution in [3.8, 4) is 0 Å². The van der Waals surface area contributed by atoms with Crippen LogP contribution >= 0.6 is 0 Å². The number of hydrogen-bond donors (Lipinski definition) is 2. The summed E-state index contributed by atoms with van der Waals surface area (Å²) in [6.07, 6.45) is 2.28. The monoisotopic (exact) mass is 210 g/mol. The number of aryl methyl sites for hydroxylation is 2. The molecule has 0 aliphatic heterocycles. The molecule has 1 aromatic heterocycles. The van der Waals surface area contributed by atoms with E-state index >= 15 is 0 Å². The fraction of sp³-hybridized carbons (Fsp3) is 0.600. The van der Waals surface area contributed by atoms with Gasteiger partial charge in [-0.1, -0.05) is 0 Å². The molecule has 15 heavy (non-hydrogen) atoms. The smallest absolute Gasteiger partial charge is 0.221 e. The summed E-state index contributed by atoms with van der Waals surface area (Å²) in [4.78, 5) is 11.3. The van der Waals surface area contributed by atoms with E-state index in [0.29, 0.717) is 13.0 Å². The molecule has 84 valence electrons. The molecule has 5 heteroatoms. The third-order valence-electron chi connectivity index (χ3n) is 2.27. The van der Waals surface area contributed by atoms with Crippen molar-refractivity contribution in [3.05, 3.63) is 17.5 Å². The van der Waals surface area contributed by atoms with E-state index in [2.05, 4.69) is 10.4 Å². The Balaban J connectivity index is 2.64. The minimum atomic E-state index is -0.0201. The Hall–Kier alpha value is -1.36. The molecule has 0 saturated heterocycles. The van der Waals surface area contributed by atoms with Crippen molar-refractivity contribution in [1.29, 1.82) is 0 Å². The number of carbonyl (C=O) groups excluding carboxylic acids is 1. The van der Waals surface area contributed by atoms with Gasteiger partial charge in [-0.2, -0.15) is 5.10 Å². The lowest BCUT2D eigenvalue weighted by Crippen LogP contribution is -2.28. The Morgan fingerprint density at radius 2 is 2.40 bits per heavy atom. The van der Waals surface area contributed by atoms with E-state index in [1.54, 1.807) is 4.68 Å². The first-order valence-corrected chi connectivity index (χ1v) is 5.04. The molecule has 1 amide bonds. The molecule has 3 N–H and O–H groups in total. The maximum Gasteiger partial charge on any atom is 0.221 e. The molecule has 0 fully saturated rings. The molecule has 1 heterocycles. The van der Waals surface area contributed by atoms with Crippen molar-refractivity contribution in [1.82, 2.24) is 15.1 Å². The van der Waals surface area contributed by atoms with Gasteiger partial charge in [0.05, 0.1) is 11.7 Å². The van der Waals surface area contributed by atoms with Gasteiger partial charge in [0.25, 0.3) is 0 Å². The fourth-order valence-electron chi connectivity index (χ4n) is 1.57. The van der Waals surface area contributed by atoms with Gasteiger partial charge in [-0.15, -0.1) is 0 Å². The summed E-state index contributed by atoms with van der Waals surface area (Å²) in [5.41, 5.74) is 7.29. The van der Waals surface area contributed by atoms with Gasteiger partial charge in [-0.05, 0) is 13.8 Å². The number of nitrogens with one attached hydrogen (secondary N) is 1. The largest absolute Gasteiger partial charge is 0.349 e. The molecule has 0 aliphatic carbocycles. The van der Waals surface area contributed by atoms with E-state index in [0.717, 1.165) is 11.3 Å². The zero-order valence-corrected chi connectivity index (χ0v) is 9.45. The summed E-state index contributed by atoms with van der Waals surface area (Å²) in [5, 5.41) is 7.11. The van der Waals surface area contributed by atoms with E-state index in [9.17, 15) is 4.79 Å². The number of rotatable bonds is 4. The maximum absolute atomic E-state index is 11.3. The summed E-state index contributed by atoms with van der Waals surface area (Å²) in [5.74, 6) is -0.0201. The Labute approximate surface area is 89.6 Å². The first-order valence-electron chi connectivity index (χ1n) is 5.04. The molecule has 1 rings (SSSR count). The molecule has 0 aliphatic rings. The van der Waals surface area contributed by atoms with Gasteiger partial charge in [0, 0.05) is 31.8 Å². The van der Waals surface area contributed by atoms with Crippen molar-refractivity contribution >= 4 is 5.91 Å². The number of nitrogens with two attached hydrogens (primary N) is 1. The first kappa shape index (κ1) is 11.7. The molecule has 1 aromatic rings. The van der Waals surface area contributed by atoms with Crippen LogP contribution in [0.2, 0.25) is 0 Å². The normalized spacial score (nSPS) is 12.5. The molecule has 5 nitrogen and oxygen atoms in total. The summed E-state index contributed by atoms with van der Waals surface area (Å²) in [6.45, 7) is 4.25. The zero-order chi connectivity index (χ0) is 11.4. The predicted molar refractivity (Wildman–Crippen MR) is 58.2 cm³/mol. The highest BCUT2D eigenvalue weighted by atomic mass is 16.1. The van der Waals surface area contributed by atoms with Gasteiger partial charge < -0.3 is 11.1 Å². The van der Waals surface area contributed by atoms with Crippen molar-refractivity contribution in [2.24, 2.45) is 12.8 Å². The van der Waals surface area contributed by atoms with Crippen LogP contribution in [0.15, 0.2) is 6.20 Å². The highest BCUT2D eigenvalue weighted by Crippen LogP contribution is 2.15. The number of aromatic nitrogens is 2. The average molecular weight is 210 g/mol. The second kappa shape index (κ2) is 4.93. The van der Waals surface area contributed by atoms with E-state index in [4.69, 9.17) is 5.73 Å². The third-order valence-corrected chi connectivity index (χ3v) is 2.27. The summed E-state index contributed by atoms with van der Waals surface area (Å²) in [7, 11) is 1.87. The Bertz CT molecular complexity index is 345. The van der Waals surface area contributed by atoms with Crippen LogP contribution in [0.25, 0.3) is 0 Å². The highest BCUT2D eigenvalue weighted by Gasteiger charge is 2.13. The second-order valence-electron chi connectivity index (χ2n) is 3.67. The van der Waals surface area contributed by atoms with E-state index in [1.807, 2.05) is 27.1 Å². The van der Waals surface area contributed by atoms with Crippen molar-refractivity contribution in [3.63, 3.8) is 0 Å². The Kier molecular flexibility index (Phi) is 3.85. The minimum Gasteiger partial charge on any atom is -0.349 e. The Morgan fingerprint density at radius 3 is 2.87 bits per heavy atom. The lowest BCUT2D eigenvalue weighted by molar-refractivity contribution is -0.121. The summed E-state index contributed by atoms with van der Waals surface area (Å²) >= 11 is 0. The predicted octanol–water partition coefficient (Wildman–Crippen LogP) is 0.255. The van der Waals surface area contributed by atoms with Crippen molar-refractivity contribution < 1.29 is 4.79 Å². The molecule has 0 aromatic carbocycles. The molecule has 0 radical (unpaired) electrons. The summed E-state index contributed by atoms with van der Waals surface area (Å²) < 4.78 is 1.75. The van der Waals surface area contributed by atoms with E-state index in [1.165, 1.54) is 0 Å². The lowest BCUT2D eigenvalue weighted by Gasteiger charge is -2.12. The van der Waals surface area contributed by atoms with Gasteiger partial charge in [-0.3, -0.25) is 9.48 Å². The molecule has 0 spiro atoms. The first-order chi connectivity index (χ1) is 7.04. The molecule has 0 bridgehead atoms. The van der Waals surface area contributed by atoms with Crippen LogP contribution < -0.4 is 11.1 Å². The van der Waals surface area contributed by atoms with Gasteiger partial charge in [-0.25, -0.2) is 0 Å². The van der Waals surface area contributed by atoms with Crippen LogP contribution in [0, 0.1) is 6.92 Å². The van der Waals surface area contributed by atoms with Crippen LogP contribution in [-0.4, -0.2) is 22.2 Å². The Morgan fingerprint density at radius 1 is 1.73 bits per heavy atom. The zero-order valence-electron chi connectivity index (χ0n) is 9.45. The van der Waals surface area contributed by atoms with Gasteiger partial charge in [0.1, 0.15) is 0 Å². The number of amides is 1. The lowest BCUT2D eigenvalue weighted by atomic mass is 10.1. The van der Waals surface area contributed by atoms with Crippen LogP contribution in [-0.2, 0) is 11.8 Å². The van der Waals surface area contributed by atoms with Crippen LogP contribution in [0.1, 0.15) is 30.6 Å². The number of carbonyl (C=O) groups is 1. The minimum absolute atomic E-state index is 0.0160. The molecule has 1 unspecified atom stereocenters. The van der Waals surface area contributed by atoms with E-state index < -0.39 is 0 Å². The van der Waals surface area contributed by atoms with Gasteiger partial charge >= 0.3 is 0 Å². The highest BCUT2D eigenvalue weighted by molar-refractivity contribution is 5.76. The standard InChI is InChI=1S/C10H18N4O/c1-7(12-10(15)4-5-11)9-6-14(3)13-8(9)2/h6-7H,4-5,11H2,1-3H3,(H,12,15). The quantitative estimate of drug-likeness (QED) is 0.748. The topological polar surface area (TPSA) is 72.9 Å². The molecular weight excluding hydrogens is 192 g/mol. The number of nitrogens with zero attached hydrogens (tertiary/aromatic N) is 2. The van der Waals surface area contributed by atoms with Crippen molar-refractivity contribution in [2.75, 3.05) is 6.54 Å². The number of hydrogen-bond acceptors (Lipinski definition) is 3. The van der Waals surface area contributed by atoms with E-state index in [-0.39, 0.29) is 11.9 Å². The molecule has 0 saturated carbocycles. The SMILES string of the molecule is Cc1nn(C)cc1C(C)NC(=O)CCN. The maximum atomic E-state index is 11.3. The summed E-state index contributed by atoms with van der Waals surface area (Å²) in [6, 6.07) is -0.0160. The molecular formula is C10H18N4O. The van der Waals surface area contributed by atoms with Gasteiger partial charge in [0.2, 0.25) is 5.91 Å². The second-order valence-corrected chi connectivity index (χ2v) is 3.67. The van der Waals surface area contributed by atoms with Crippen LogP contribution in [0.4, 0.5) is 0 Å². The fourth-order valence-corrected chi connectivity index (χ4v) is 1.57. The van der Waals surface area contributed by atoms with Crippen molar-refractivity contribution in [2.45, 2.75) is 26.3 Å². The van der Waals surface area contributed by atoms with Crippen LogP contribution in [0.3, 0.4) is 0 Å². The third kappa shape index (κ3) is 3.06.